The van der Waals surface area contributed by atoms with Crippen LogP contribution in [0.3, 0.4) is 0 Å². The molecule has 0 bridgehead atoms. The van der Waals surface area contributed by atoms with Crippen molar-refractivity contribution in [1.29, 1.82) is 0 Å². The fourth-order valence-corrected chi connectivity index (χ4v) is 6.32. The minimum absolute atomic E-state index is 0. The Bertz CT molecular complexity index is 1010. The highest BCUT2D eigenvalue weighted by atomic mass is 32.2. The number of hydrogen-bond acceptors (Lipinski definition) is 3. The zero-order chi connectivity index (χ0) is 23.8. The van der Waals surface area contributed by atoms with Gasteiger partial charge in [0.05, 0.1) is 10.9 Å². The first-order chi connectivity index (χ1) is 16.5. The van der Waals surface area contributed by atoms with Crippen molar-refractivity contribution in [2.45, 2.75) is 62.7 Å². The van der Waals surface area contributed by atoms with E-state index in [2.05, 4.69) is 10.6 Å². The number of urea groups is 1. The molecule has 7 heteroatoms. The third kappa shape index (κ3) is 8.07. The zero-order valence-electron chi connectivity index (χ0n) is 21.3. The van der Waals surface area contributed by atoms with E-state index >= 15 is 0 Å². The summed E-state index contributed by atoms with van der Waals surface area (Å²) in [5.74, 6) is 0.292. The van der Waals surface area contributed by atoms with Gasteiger partial charge in [0.15, 0.2) is 0 Å². The Morgan fingerprint density at radius 2 is 1.36 bits per heavy atom. The van der Waals surface area contributed by atoms with Gasteiger partial charge in [0.1, 0.15) is 0 Å². The maximum Gasteiger partial charge on any atom is 0.315 e. The van der Waals surface area contributed by atoms with E-state index in [1.54, 1.807) is 16.4 Å². The van der Waals surface area contributed by atoms with Crippen molar-refractivity contribution >= 4 is 16.1 Å². The molecule has 2 fully saturated rings. The highest BCUT2D eigenvalue weighted by Gasteiger charge is 2.29. The second-order valence-corrected chi connectivity index (χ2v) is 11.4. The summed E-state index contributed by atoms with van der Waals surface area (Å²) in [5.41, 5.74) is 2.07. The molecule has 1 aliphatic heterocycles. The first kappa shape index (κ1) is 29.8. The van der Waals surface area contributed by atoms with E-state index in [0.29, 0.717) is 30.4 Å². The van der Waals surface area contributed by atoms with Crippen molar-refractivity contribution in [2.75, 3.05) is 19.6 Å². The maximum atomic E-state index is 13.1. The van der Waals surface area contributed by atoms with Crippen LogP contribution in [0.5, 0.6) is 0 Å². The molecule has 2 aliphatic rings. The van der Waals surface area contributed by atoms with Crippen molar-refractivity contribution in [2.24, 2.45) is 5.92 Å². The fraction of sp³-hybridized carbons (Fsp3) is 0.448. The number of nitrogens with zero attached hydrogens (tertiary/aromatic N) is 1. The molecule has 0 atom stereocenters. The number of rotatable bonds is 6. The topological polar surface area (TPSA) is 78.5 Å². The predicted molar refractivity (Wildman–Crippen MR) is 146 cm³/mol. The molecule has 2 aromatic rings. The van der Waals surface area contributed by atoms with Crippen molar-refractivity contribution in [3.05, 3.63) is 75.5 Å². The van der Waals surface area contributed by atoms with Crippen LogP contribution in [0.4, 0.5) is 4.79 Å². The van der Waals surface area contributed by atoms with Gasteiger partial charge < -0.3 is 10.6 Å². The Morgan fingerprint density at radius 1 is 0.806 bits per heavy atom. The van der Waals surface area contributed by atoms with Crippen LogP contribution in [0, 0.1) is 26.8 Å². The van der Waals surface area contributed by atoms with Gasteiger partial charge in [0.25, 0.3) is 0 Å². The summed E-state index contributed by atoms with van der Waals surface area (Å²) in [6.07, 6.45) is 9.54. The van der Waals surface area contributed by atoms with Crippen molar-refractivity contribution in [1.82, 2.24) is 14.9 Å². The van der Waals surface area contributed by atoms with E-state index in [1.807, 2.05) is 42.5 Å². The summed E-state index contributed by atoms with van der Waals surface area (Å²) < 4.78 is 27.8. The standard InChI is InChI=1S/C27H36N3O3S.2CH2/c31-27(29-25-11-7-2-1-3-8-12-25)28-21-22-17-19-30(20-18-22)34(32,33)26-15-13-24(14-16-26)23-9-5-4-6-10-23;;/h4-6,9-10,13-16,22H,1-3,7-8,11-12,17-21H2,(H2,28,29,31);2*1H2. The average molecular weight is 511 g/mol. The molecule has 1 heterocycles. The van der Waals surface area contributed by atoms with E-state index in [1.165, 1.54) is 19.3 Å². The van der Waals surface area contributed by atoms with E-state index in [-0.39, 0.29) is 20.9 Å². The minimum Gasteiger partial charge on any atom is -0.338 e. The monoisotopic (exact) mass is 510 g/mol. The summed E-state index contributed by atoms with van der Waals surface area (Å²) in [7, 11) is -3.51. The number of nitrogens with one attached hydrogen (secondary N) is 2. The largest absolute Gasteiger partial charge is 0.338 e. The molecule has 36 heavy (non-hydrogen) atoms. The normalized spacial score (nSPS) is 18.1. The van der Waals surface area contributed by atoms with Gasteiger partial charge in [-0.15, -0.1) is 0 Å². The number of carbonyl (C=O) groups excluding carboxylic acids is 1. The average Bonchev–Trinajstić information content (AvgIpc) is 2.85. The maximum absolute atomic E-state index is 13.1. The third-order valence-corrected chi connectivity index (χ3v) is 8.88. The molecule has 2 amide bonds. The van der Waals surface area contributed by atoms with Gasteiger partial charge in [-0.05, 0) is 54.9 Å². The number of piperidine rings is 1. The lowest BCUT2D eigenvalue weighted by atomic mass is 9.97. The fourth-order valence-electron chi connectivity index (χ4n) is 4.85. The number of hydrogen-bond donors (Lipinski definition) is 2. The number of carbonyl (C=O) groups is 1. The molecule has 0 unspecified atom stereocenters. The van der Waals surface area contributed by atoms with E-state index in [4.69, 9.17) is 0 Å². The van der Waals surface area contributed by atoms with Gasteiger partial charge >= 0.3 is 6.03 Å². The SMILES string of the molecule is O=C(NCC1CCN(S(=O)(=O)c2ccc(-c3ccccc3)cc2)CC1)N[C]1CCCCCCC1.[CH2].[CH2]. The predicted octanol–water partition coefficient (Wildman–Crippen LogP) is 5.98. The zero-order valence-corrected chi connectivity index (χ0v) is 22.1. The molecule has 1 saturated heterocycles. The second-order valence-electron chi connectivity index (χ2n) is 9.44. The van der Waals surface area contributed by atoms with E-state index < -0.39 is 10.0 Å². The number of benzene rings is 2. The number of amides is 2. The molecular weight excluding hydrogens is 470 g/mol. The van der Waals surface area contributed by atoms with E-state index in [9.17, 15) is 13.2 Å². The Morgan fingerprint density at radius 3 is 1.97 bits per heavy atom. The highest BCUT2D eigenvalue weighted by Crippen LogP contribution is 2.26. The molecule has 0 aromatic heterocycles. The van der Waals surface area contributed by atoms with Gasteiger partial charge in [-0.1, -0.05) is 89.4 Å². The first-order valence-electron chi connectivity index (χ1n) is 12.6. The summed E-state index contributed by atoms with van der Waals surface area (Å²) in [6.45, 7) is 1.54. The van der Waals surface area contributed by atoms with Gasteiger partial charge in [-0.2, -0.15) is 4.31 Å². The van der Waals surface area contributed by atoms with Crippen LogP contribution in [0.1, 0.15) is 57.8 Å². The Balaban J connectivity index is 0.00000228. The van der Waals surface area contributed by atoms with Gasteiger partial charge in [-0.3, -0.25) is 0 Å². The van der Waals surface area contributed by atoms with Crippen LogP contribution in [0.25, 0.3) is 11.1 Å². The molecule has 1 aliphatic carbocycles. The molecule has 4 rings (SSSR count). The quantitative estimate of drug-likeness (QED) is 0.501. The summed E-state index contributed by atoms with van der Waals surface area (Å²) in [6, 6.07) is 18.1. The molecule has 1 saturated carbocycles. The molecule has 2 N–H and O–H groups in total. The Labute approximate surface area is 218 Å². The second kappa shape index (κ2) is 14.4. The highest BCUT2D eigenvalue weighted by molar-refractivity contribution is 7.89. The van der Waals surface area contributed by atoms with Gasteiger partial charge in [0, 0.05) is 19.6 Å². The van der Waals surface area contributed by atoms with Crippen LogP contribution in [-0.2, 0) is 10.0 Å². The minimum atomic E-state index is -3.51. The molecule has 5 radical (unpaired) electrons. The van der Waals surface area contributed by atoms with Crippen LogP contribution >= 0.6 is 0 Å². The van der Waals surface area contributed by atoms with Crippen LogP contribution in [0.15, 0.2) is 59.5 Å². The summed E-state index contributed by atoms with van der Waals surface area (Å²) >= 11 is 0. The van der Waals surface area contributed by atoms with E-state index in [0.717, 1.165) is 55.7 Å². The first-order valence-corrected chi connectivity index (χ1v) is 14.0. The summed E-state index contributed by atoms with van der Waals surface area (Å²) in [5, 5.41) is 6.06. The lowest BCUT2D eigenvalue weighted by molar-refractivity contribution is 0.230. The van der Waals surface area contributed by atoms with Crippen molar-refractivity contribution < 1.29 is 13.2 Å². The molecular formula is C29H40N3O3S. The Hall–Kier alpha value is -2.38. The third-order valence-electron chi connectivity index (χ3n) is 6.97. The van der Waals surface area contributed by atoms with Crippen LogP contribution in [0.2, 0.25) is 0 Å². The lowest BCUT2D eigenvalue weighted by Gasteiger charge is -2.31. The summed E-state index contributed by atoms with van der Waals surface area (Å²) in [4.78, 5) is 12.7. The lowest BCUT2D eigenvalue weighted by Crippen LogP contribution is -2.44. The van der Waals surface area contributed by atoms with Crippen LogP contribution < -0.4 is 10.6 Å². The van der Waals surface area contributed by atoms with Gasteiger partial charge in [0.2, 0.25) is 10.0 Å². The molecule has 195 valence electrons. The van der Waals surface area contributed by atoms with Crippen molar-refractivity contribution in [3.63, 3.8) is 0 Å². The molecule has 0 spiro atoms. The molecule has 2 aromatic carbocycles. The van der Waals surface area contributed by atoms with Gasteiger partial charge in [-0.25, -0.2) is 13.2 Å². The number of sulfonamides is 1. The van der Waals surface area contributed by atoms with Crippen LogP contribution in [-0.4, -0.2) is 38.4 Å². The van der Waals surface area contributed by atoms with Crippen molar-refractivity contribution in [3.8, 4) is 11.1 Å². The smallest absolute Gasteiger partial charge is 0.315 e. The molecule has 6 nitrogen and oxygen atoms in total. The Kier molecular flexibility index (Phi) is 11.9.